The quantitative estimate of drug-likeness (QED) is 0.161. The van der Waals surface area contributed by atoms with Gasteiger partial charge in [0, 0.05) is 6.07 Å². The summed E-state index contributed by atoms with van der Waals surface area (Å²) < 4.78 is 21.8. The lowest BCUT2D eigenvalue weighted by Gasteiger charge is -2.39. The summed E-state index contributed by atoms with van der Waals surface area (Å²) in [6.07, 6.45) is -10.9. The summed E-state index contributed by atoms with van der Waals surface area (Å²) in [4.78, 5) is 0. The van der Waals surface area contributed by atoms with Gasteiger partial charge in [-0.1, -0.05) is 24.3 Å². The molecule has 214 valence electrons. The Labute approximate surface area is 222 Å². The molecule has 0 spiro atoms. The van der Waals surface area contributed by atoms with E-state index in [0.29, 0.717) is 11.3 Å². The highest BCUT2D eigenvalue weighted by molar-refractivity contribution is 5.71. The number of phenolic OH excluding ortho intramolecular Hbond substituents is 1. The van der Waals surface area contributed by atoms with Crippen LogP contribution < -0.4 is 9.47 Å². The first-order valence-electron chi connectivity index (χ1n) is 12.2. The number of aromatic hydroxyl groups is 1. The van der Waals surface area contributed by atoms with Crippen molar-refractivity contribution < 1.29 is 64.9 Å². The van der Waals surface area contributed by atoms with Crippen LogP contribution in [0, 0.1) is 0 Å². The molecule has 10 unspecified atom stereocenters. The second-order valence-corrected chi connectivity index (χ2v) is 9.29. The van der Waals surface area contributed by atoms with Gasteiger partial charge in [-0.2, -0.15) is 0 Å². The molecular formula is C26H32O13. The summed E-state index contributed by atoms with van der Waals surface area (Å²) in [5.41, 5.74) is 1.23. The molecule has 2 aromatic carbocycles. The van der Waals surface area contributed by atoms with Crippen LogP contribution in [0.25, 0.3) is 12.2 Å². The highest BCUT2D eigenvalue weighted by Crippen LogP contribution is 2.29. The standard InChI is InChI=1S/C26H32O13/c27-10-17-19(30)21(32)23(34)25(38-17)36-15-5-3-12(4-6-15)1-2-13-7-14(29)9-16(8-13)37-26-24(35)22(33)20(31)18(11-28)39-26/h1-9,17-35H,10-11H2/b2-1-. The fourth-order valence-corrected chi connectivity index (χ4v) is 4.22. The molecule has 0 bridgehead atoms. The van der Waals surface area contributed by atoms with E-state index in [1.165, 1.54) is 18.2 Å². The molecule has 2 heterocycles. The third-order valence-corrected chi connectivity index (χ3v) is 6.46. The van der Waals surface area contributed by atoms with Gasteiger partial charge in [-0.25, -0.2) is 0 Å². The van der Waals surface area contributed by atoms with Gasteiger partial charge >= 0.3 is 0 Å². The lowest BCUT2D eigenvalue weighted by atomic mass is 9.99. The fourth-order valence-electron chi connectivity index (χ4n) is 4.22. The van der Waals surface area contributed by atoms with E-state index >= 15 is 0 Å². The Morgan fingerprint density at radius 2 is 1.08 bits per heavy atom. The van der Waals surface area contributed by atoms with E-state index in [-0.39, 0.29) is 11.5 Å². The number of benzene rings is 2. The summed E-state index contributed by atoms with van der Waals surface area (Å²) >= 11 is 0. The van der Waals surface area contributed by atoms with Crippen LogP contribution in [0.5, 0.6) is 17.2 Å². The molecule has 0 saturated carbocycles. The molecule has 39 heavy (non-hydrogen) atoms. The molecule has 2 aliphatic rings. The van der Waals surface area contributed by atoms with Crippen LogP contribution in [0.4, 0.5) is 0 Å². The molecule has 2 fully saturated rings. The summed E-state index contributed by atoms with van der Waals surface area (Å²) in [5.74, 6) is 0.242. The third-order valence-electron chi connectivity index (χ3n) is 6.46. The van der Waals surface area contributed by atoms with Crippen LogP contribution >= 0.6 is 0 Å². The average Bonchev–Trinajstić information content (AvgIpc) is 2.93. The van der Waals surface area contributed by atoms with Gasteiger partial charge in [-0.3, -0.25) is 0 Å². The summed E-state index contributed by atoms with van der Waals surface area (Å²) in [6.45, 7) is -1.18. The van der Waals surface area contributed by atoms with Gasteiger partial charge in [0.1, 0.15) is 66.1 Å². The van der Waals surface area contributed by atoms with E-state index < -0.39 is 74.6 Å². The highest BCUT2D eigenvalue weighted by atomic mass is 16.7. The molecule has 0 aliphatic carbocycles. The Balaban J connectivity index is 1.40. The van der Waals surface area contributed by atoms with Gasteiger partial charge in [0.2, 0.25) is 12.6 Å². The number of ether oxygens (including phenoxy) is 4. The molecule has 4 rings (SSSR count). The second-order valence-electron chi connectivity index (χ2n) is 9.29. The summed E-state index contributed by atoms with van der Waals surface area (Å²) in [5, 5.41) is 88.7. The fraction of sp³-hybridized carbons (Fsp3) is 0.462. The Hall–Kier alpha value is -2.82. The van der Waals surface area contributed by atoms with E-state index in [2.05, 4.69) is 0 Å². The van der Waals surface area contributed by atoms with E-state index in [0.717, 1.165) is 5.56 Å². The zero-order chi connectivity index (χ0) is 28.3. The van der Waals surface area contributed by atoms with E-state index in [1.807, 2.05) is 0 Å². The predicted molar refractivity (Wildman–Crippen MR) is 132 cm³/mol. The Kier molecular flexibility index (Phi) is 9.40. The van der Waals surface area contributed by atoms with Gasteiger partial charge in [-0.15, -0.1) is 0 Å². The van der Waals surface area contributed by atoms with Gasteiger partial charge < -0.3 is 64.9 Å². The zero-order valence-electron chi connectivity index (χ0n) is 20.5. The van der Waals surface area contributed by atoms with Gasteiger partial charge in [0.05, 0.1) is 13.2 Å². The maximum absolute atomic E-state index is 10.2. The van der Waals surface area contributed by atoms with Crippen LogP contribution in [0.2, 0.25) is 0 Å². The first-order chi connectivity index (χ1) is 18.6. The molecule has 13 heteroatoms. The molecule has 2 saturated heterocycles. The Morgan fingerprint density at radius 1 is 0.590 bits per heavy atom. The monoisotopic (exact) mass is 552 g/mol. The molecular weight excluding hydrogens is 520 g/mol. The zero-order valence-corrected chi connectivity index (χ0v) is 20.5. The number of aliphatic hydroxyl groups is 8. The molecule has 2 aromatic rings. The van der Waals surface area contributed by atoms with Crippen molar-refractivity contribution in [3.8, 4) is 17.2 Å². The summed E-state index contributed by atoms with van der Waals surface area (Å²) in [7, 11) is 0. The largest absolute Gasteiger partial charge is 0.508 e. The van der Waals surface area contributed by atoms with Crippen molar-refractivity contribution in [1.82, 2.24) is 0 Å². The van der Waals surface area contributed by atoms with E-state index in [1.54, 1.807) is 36.4 Å². The molecule has 0 amide bonds. The first kappa shape index (κ1) is 29.2. The number of hydrogen-bond acceptors (Lipinski definition) is 13. The van der Waals surface area contributed by atoms with Crippen molar-refractivity contribution >= 4 is 12.2 Å². The van der Waals surface area contributed by atoms with Crippen LogP contribution in [0.1, 0.15) is 11.1 Å². The predicted octanol–water partition coefficient (Wildman–Crippen LogP) is -2.08. The number of hydrogen-bond donors (Lipinski definition) is 9. The van der Waals surface area contributed by atoms with Crippen molar-refractivity contribution in [2.75, 3.05) is 13.2 Å². The summed E-state index contributed by atoms with van der Waals surface area (Å²) in [6, 6.07) is 10.8. The van der Waals surface area contributed by atoms with E-state index in [4.69, 9.17) is 18.9 Å². The van der Waals surface area contributed by atoms with Gasteiger partial charge in [0.25, 0.3) is 0 Å². The van der Waals surface area contributed by atoms with Crippen LogP contribution in [-0.4, -0.2) is 121 Å². The van der Waals surface area contributed by atoms with Gasteiger partial charge in [0.15, 0.2) is 0 Å². The number of phenols is 1. The third kappa shape index (κ3) is 6.67. The maximum atomic E-state index is 10.2. The highest BCUT2D eigenvalue weighted by Gasteiger charge is 2.45. The average molecular weight is 553 g/mol. The maximum Gasteiger partial charge on any atom is 0.229 e. The minimum Gasteiger partial charge on any atom is -0.508 e. The minimum absolute atomic E-state index is 0.0993. The minimum atomic E-state index is -1.61. The van der Waals surface area contributed by atoms with Gasteiger partial charge in [-0.05, 0) is 35.4 Å². The molecule has 0 radical (unpaired) electrons. The molecule has 0 aromatic heterocycles. The van der Waals surface area contributed by atoms with Crippen molar-refractivity contribution in [2.45, 2.75) is 61.4 Å². The van der Waals surface area contributed by atoms with Crippen molar-refractivity contribution in [3.63, 3.8) is 0 Å². The van der Waals surface area contributed by atoms with Crippen molar-refractivity contribution in [3.05, 3.63) is 53.6 Å². The molecule has 9 N–H and O–H groups in total. The van der Waals surface area contributed by atoms with Crippen molar-refractivity contribution in [2.24, 2.45) is 0 Å². The molecule has 10 atom stereocenters. The first-order valence-corrected chi connectivity index (χ1v) is 12.2. The smallest absolute Gasteiger partial charge is 0.229 e. The molecule has 13 nitrogen and oxygen atoms in total. The Bertz CT molecular complexity index is 1110. The number of rotatable bonds is 8. The van der Waals surface area contributed by atoms with E-state index in [9.17, 15) is 46.0 Å². The van der Waals surface area contributed by atoms with Crippen LogP contribution in [0.15, 0.2) is 42.5 Å². The number of aliphatic hydroxyl groups excluding tert-OH is 8. The Morgan fingerprint density at radius 3 is 1.59 bits per heavy atom. The van der Waals surface area contributed by atoms with Crippen LogP contribution in [0.3, 0.4) is 0 Å². The topological polar surface area (TPSA) is 219 Å². The lowest BCUT2D eigenvalue weighted by Crippen LogP contribution is -2.60. The molecule has 2 aliphatic heterocycles. The van der Waals surface area contributed by atoms with Crippen LogP contribution in [-0.2, 0) is 9.47 Å². The van der Waals surface area contributed by atoms with Crippen molar-refractivity contribution in [1.29, 1.82) is 0 Å². The SMILES string of the molecule is OCC1OC(Oc2ccc(/C=C\c3cc(O)cc(OC4OC(CO)C(O)C(O)C4O)c3)cc2)C(O)C(O)C1O. The lowest BCUT2D eigenvalue weighted by molar-refractivity contribution is -0.277. The normalized spacial score (nSPS) is 35.2. The second kappa shape index (κ2) is 12.6.